The van der Waals surface area contributed by atoms with Crippen LogP contribution in [-0.4, -0.2) is 71.1 Å². The monoisotopic (exact) mass is 703 g/mol. The molecule has 2 aromatic carbocycles. The molecule has 3 aromatic rings. The van der Waals surface area contributed by atoms with Gasteiger partial charge in [-0.25, -0.2) is 9.59 Å². The van der Waals surface area contributed by atoms with Gasteiger partial charge in [0.15, 0.2) is 0 Å². The van der Waals surface area contributed by atoms with Crippen LogP contribution in [0.15, 0.2) is 60.8 Å². The fourth-order valence-electron chi connectivity index (χ4n) is 6.20. The predicted molar refractivity (Wildman–Crippen MR) is 191 cm³/mol. The van der Waals surface area contributed by atoms with Crippen LogP contribution in [0.5, 0.6) is 0 Å². The zero-order valence-corrected chi connectivity index (χ0v) is 29.5. The summed E-state index contributed by atoms with van der Waals surface area (Å²) in [7, 11) is 0. The van der Waals surface area contributed by atoms with Crippen molar-refractivity contribution in [2.75, 3.05) is 6.61 Å². The molecule has 0 bridgehead atoms. The van der Waals surface area contributed by atoms with Gasteiger partial charge in [0, 0.05) is 30.8 Å². The number of aromatic nitrogens is 1. The number of rotatable bonds is 16. The summed E-state index contributed by atoms with van der Waals surface area (Å²) in [4.78, 5) is 77.8. The molecule has 274 valence electrons. The first-order valence-electron chi connectivity index (χ1n) is 17.5. The van der Waals surface area contributed by atoms with Gasteiger partial charge < -0.3 is 31.2 Å². The summed E-state index contributed by atoms with van der Waals surface area (Å²) in [6.45, 7) is 5.23. The first-order chi connectivity index (χ1) is 24.3. The number of para-hydroxylation sites is 1. The minimum absolute atomic E-state index is 0.0803. The molecule has 4 amide bonds. The van der Waals surface area contributed by atoms with E-state index in [2.05, 4.69) is 16.0 Å². The van der Waals surface area contributed by atoms with Crippen molar-refractivity contribution >= 4 is 47.1 Å². The normalized spacial score (nSPS) is 15.2. The Kier molecular flexibility index (Phi) is 13.7. The molecule has 3 atom stereocenters. The van der Waals surface area contributed by atoms with Crippen molar-refractivity contribution in [2.45, 2.75) is 102 Å². The maximum atomic E-state index is 14.2. The number of nitrogens with two attached hydrogens (primary N) is 1. The Labute approximate surface area is 298 Å². The third-order valence-electron chi connectivity index (χ3n) is 8.75. The minimum atomic E-state index is -1.29. The molecule has 1 saturated carbocycles. The van der Waals surface area contributed by atoms with E-state index in [1.165, 1.54) is 4.57 Å². The fraction of sp³-hybridized carbons (Fsp3) is 0.474. The number of alkyl carbamates (subject to hydrolysis) is 1. The van der Waals surface area contributed by atoms with Crippen LogP contribution in [0, 0.1) is 5.92 Å². The van der Waals surface area contributed by atoms with E-state index in [0.29, 0.717) is 22.9 Å². The molecule has 0 spiro atoms. The van der Waals surface area contributed by atoms with Crippen LogP contribution in [0.4, 0.5) is 4.79 Å². The zero-order chi connectivity index (χ0) is 37.0. The number of hydrogen-bond donors (Lipinski definition) is 4. The van der Waals surface area contributed by atoms with Crippen molar-refractivity contribution < 1.29 is 38.2 Å². The number of carbonyl (C=O) groups excluding carboxylic acids is 6. The highest BCUT2D eigenvalue weighted by Crippen LogP contribution is 2.24. The van der Waals surface area contributed by atoms with E-state index >= 15 is 0 Å². The van der Waals surface area contributed by atoms with E-state index in [0.717, 1.165) is 37.7 Å². The molecule has 1 fully saturated rings. The highest BCUT2D eigenvalue weighted by atomic mass is 16.6. The second-order valence-electron chi connectivity index (χ2n) is 14.0. The van der Waals surface area contributed by atoms with E-state index in [-0.39, 0.29) is 38.2 Å². The average Bonchev–Trinajstić information content (AvgIpc) is 3.45. The number of nitrogens with one attached hydrogen (secondary N) is 3. The molecule has 0 saturated heterocycles. The number of fused-ring (bicyclic) bond motifs is 1. The number of nitrogens with zero attached hydrogens (tertiary/aromatic N) is 1. The molecule has 0 aliphatic heterocycles. The van der Waals surface area contributed by atoms with Gasteiger partial charge in [-0.2, -0.15) is 0 Å². The van der Waals surface area contributed by atoms with Gasteiger partial charge in [0.2, 0.25) is 24.1 Å². The first kappa shape index (κ1) is 38.6. The quantitative estimate of drug-likeness (QED) is 0.128. The number of hydrogen-bond acceptors (Lipinski definition) is 8. The number of benzene rings is 2. The molecular formula is C38H49N5O8. The highest BCUT2D eigenvalue weighted by Gasteiger charge is 2.32. The van der Waals surface area contributed by atoms with Crippen LogP contribution < -0.4 is 21.7 Å². The standard InChI is InChI=1S/C38H49N5O8/c1-38(2,3)51-37(49)42-29(18-19-33(39)45)34(46)40-30(21-27-22-43(24-44)32-17-11-10-16-28(27)32)35(47)41-31(20-25-12-6-4-7-13-25)36(48)50-23-26-14-8-5-9-15-26/h4,6-7,10-13,16-17,22,24,26,29-31H,5,8-9,14-15,18-21,23H2,1-3H3,(H2,39,45)(H,40,46)(H,41,47)(H,42,49)/t29-,30+,31-/m0/s1. The van der Waals surface area contributed by atoms with Gasteiger partial charge in [-0.05, 0) is 63.1 Å². The number of esters is 1. The van der Waals surface area contributed by atoms with Crippen LogP contribution in [0.1, 0.15) is 76.8 Å². The Morgan fingerprint density at radius 1 is 0.863 bits per heavy atom. The Morgan fingerprint density at radius 3 is 2.18 bits per heavy atom. The zero-order valence-electron chi connectivity index (χ0n) is 29.5. The molecule has 1 aromatic heterocycles. The summed E-state index contributed by atoms with van der Waals surface area (Å²) in [5.41, 5.74) is 6.46. The number of ether oxygens (including phenoxy) is 2. The van der Waals surface area contributed by atoms with Crippen LogP contribution in [0.3, 0.4) is 0 Å². The Balaban J connectivity index is 1.62. The second-order valence-corrected chi connectivity index (χ2v) is 14.0. The van der Waals surface area contributed by atoms with Gasteiger partial charge in [-0.3, -0.25) is 23.7 Å². The summed E-state index contributed by atoms with van der Waals surface area (Å²) in [5, 5.41) is 8.70. The van der Waals surface area contributed by atoms with Crippen molar-refractivity contribution in [1.82, 2.24) is 20.5 Å². The summed E-state index contributed by atoms with van der Waals surface area (Å²) in [5.74, 6) is -2.49. The van der Waals surface area contributed by atoms with E-state index < -0.39 is 53.5 Å². The summed E-state index contributed by atoms with van der Waals surface area (Å²) in [6.07, 6.45) is 6.25. The molecule has 1 aliphatic carbocycles. The van der Waals surface area contributed by atoms with Gasteiger partial charge in [0.1, 0.15) is 23.7 Å². The minimum Gasteiger partial charge on any atom is -0.464 e. The second kappa shape index (κ2) is 18.2. The van der Waals surface area contributed by atoms with Crippen molar-refractivity contribution in [3.63, 3.8) is 0 Å². The number of primary amides is 1. The van der Waals surface area contributed by atoms with Crippen molar-refractivity contribution in [2.24, 2.45) is 11.7 Å². The summed E-state index contributed by atoms with van der Waals surface area (Å²) < 4.78 is 12.5. The SMILES string of the molecule is CC(C)(C)OC(=O)N[C@@H](CCC(N)=O)C(=O)N[C@H](Cc1cn(C=O)c2ccccc12)C(=O)N[C@@H](Cc1ccccc1)C(=O)OCC1CCCCC1. The van der Waals surface area contributed by atoms with Crippen molar-refractivity contribution in [1.29, 1.82) is 0 Å². The summed E-state index contributed by atoms with van der Waals surface area (Å²) in [6, 6.07) is 12.6. The van der Waals surface area contributed by atoms with Crippen LogP contribution in [-0.2, 0) is 46.3 Å². The molecule has 1 heterocycles. The van der Waals surface area contributed by atoms with Gasteiger partial charge in [0.25, 0.3) is 0 Å². The lowest BCUT2D eigenvalue weighted by Gasteiger charge is -2.27. The van der Waals surface area contributed by atoms with Gasteiger partial charge in [-0.15, -0.1) is 0 Å². The summed E-state index contributed by atoms with van der Waals surface area (Å²) >= 11 is 0. The fourth-order valence-corrected chi connectivity index (χ4v) is 6.20. The van der Waals surface area contributed by atoms with E-state index in [4.69, 9.17) is 15.2 Å². The third-order valence-corrected chi connectivity index (χ3v) is 8.75. The Morgan fingerprint density at radius 2 is 1.51 bits per heavy atom. The van der Waals surface area contributed by atoms with Gasteiger partial charge >= 0.3 is 12.1 Å². The highest BCUT2D eigenvalue weighted by molar-refractivity contribution is 5.95. The Hall–Kier alpha value is -5.20. The van der Waals surface area contributed by atoms with Crippen LogP contribution >= 0.6 is 0 Å². The van der Waals surface area contributed by atoms with Crippen LogP contribution in [0.25, 0.3) is 10.9 Å². The third kappa shape index (κ3) is 12.0. The average molecular weight is 704 g/mol. The molecule has 13 nitrogen and oxygen atoms in total. The molecule has 1 aliphatic rings. The lowest BCUT2D eigenvalue weighted by Crippen LogP contribution is -2.57. The number of amides is 4. The lowest BCUT2D eigenvalue weighted by atomic mass is 9.90. The van der Waals surface area contributed by atoms with Crippen molar-refractivity contribution in [3.05, 3.63) is 71.9 Å². The van der Waals surface area contributed by atoms with Gasteiger partial charge in [0.05, 0.1) is 12.1 Å². The van der Waals surface area contributed by atoms with E-state index in [1.54, 1.807) is 51.2 Å². The molecule has 4 rings (SSSR count). The molecule has 0 radical (unpaired) electrons. The smallest absolute Gasteiger partial charge is 0.408 e. The molecule has 51 heavy (non-hydrogen) atoms. The maximum Gasteiger partial charge on any atom is 0.408 e. The first-order valence-corrected chi connectivity index (χ1v) is 17.5. The van der Waals surface area contributed by atoms with E-state index in [9.17, 15) is 28.8 Å². The van der Waals surface area contributed by atoms with E-state index in [1.807, 2.05) is 30.3 Å². The predicted octanol–water partition coefficient (Wildman–Crippen LogP) is 3.72. The topological polar surface area (TPSA) is 188 Å². The maximum absolute atomic E-state index is 14.2. The lowest BCUT2D eigenvalue weighted by molar-refractivity contribution is -0.149. The van der Waals surface area contributed by atoms with Crippen molar-refractivity contribution in [3.8, 4) is 0 Å². The molecule has 0 unspecified atom stereocenters. The molecule has 5 N–H and O–H groups in total. The van der Waals surface area contributed by atoms with Gasteiger partial charge in [-0.1, -0.05) is 67.8 Å². The number of carbonyl (C=O) groups is 6. The largest absolute Gasteiger partial charge is 0.464 e. The Bertz CT molecular complexity index is 1680. The molecular weight excluding hydrogens is 654 g/mol. The van der Waals surface area contributed by atoms with Crippen LogP contribution in [0.2, 0.25) is 0 Å². The molecule has 13 heteroatoms.